The molecular formula is C24H26N4O3S. The van der Waals surface area contributed by atoms with Gasteiger partial charge in [-0.15, -0.1) is 11.3 Å². The minimum atomic E-state index is -0.210. The highest BCUT2D eigenvalue weighted by Crippen LogP contribution is 2.46. The standard InChI is InChI=1S/C24H26N4O3S/c1-6-28(7-2)16-10-8-15(9-11-16)22(29)23-20(25)21(26-3)24(32-23)27-18-13-12-17(30-4)14-19(18)31-5/h8-14,27H,6-7,25H2,1-2,4-5H3. The van der Waals surface area contributed by atoms with E-state index < -0.39 is 0 Å². The Morgan fingerprint density at radius 3 is 2.38 bits per heavy atom. The number of ketones is 1. The number of thiophene rings is 1. The number of anilines is 4. The second-order valence-electron chi connectivity index (χ2n) is 6.87. The third-order valence-corrected chi connectivity index (χ3v) is 6.26. The number of hydrogen-bond donors (Lipinski definition) is 2. The van der Waals surface area contributed by atoms with Gasteiger partial charge in [0.05, 0.1) is 37.0 Å². The molecule has 3 N–H and O–H groups in total. The lowest BCUT2D eigenvalue weighted by molar-refractivity contribution is 0.104. The van der Waals surface area contributed by atoms with E-state index in [2.05, 4.69) is 28.9 Å². The average Bonchev–Trinajstić information content (AvgIpc) is 3.14. The minimum absolute atomic E-state index is 0.179. The molecule has 0 unspecified atom stereocenters. The second-order valence-corrected chi connectivity index (χ2v) is 7.89. The molecule has 166 valence electrons. The number of rotatable bonds is 9. The Hall–Kier alpha value is -3.70. The van der Waals surface area contributed by atoms with Crippen LogP contribution in [0.5, 0.6) is 11.5 Å². The predicted molar refractivity (Wildman–Crippen MR) is 131 cm³/mol. The molecule has 1 aromatic heterocycles. The van der Waals surface area contributed by atoms with Crippen molar-refractivity contribution in [1.82, 2.24) is 0 Å². The number of carbonyl (C=O) groups is 1. The van der Waals surface area contributed by atoms with Crippen molar-refractivity contribution in [2.45, 2.75) is 13.8 Å². The highest BCUT2D eigenvalue weighted by atomic mass is 32.1. The lowest BCUT2D eigenvalue weighted by Gasteiger charge is -2.20. The van der Waals surface area contributed by atoms with Gasteiger partial charge in [-0.3, -0.25) is 4.79 Å². The fourth-order valence-corrected chi connectivity index (χ4v) is 4.40. The molecule has 0 aliphatic carbocycles. The van der Waals surface area contributed by atoms with Crippen LogP contribution in [-0.2, 0) is 0 Å². The van der Waals surface area contributed by atoms with Gasteiger partial charge >= 0.3 is 0 Å². The van der Waals surface area contributed by atoms with Crippen LogP contribution in [0, 0.1) is 6.57 Å². The van der Waals surface area contributed by atoms with Crippen LogP contribution in [0.2, 0.25) is 0 Å². The average molecular weight is 451 g/mol. The van der Waals surface area contributed by atoms with Crippen molar-refractivity contribution in [1.29, 1.82) is 0 Å². The Balaban J connectivity index is 1.93. The highest BCUT2D eigenvalue weighted by Gasteiger charge is 2.23. The smallest absolute Gasteiger partial charge is 0.243 e. The Morgan fingerprint density at radius 1 is 1.12 bits per heavy atom. The monoisotopic (exact) mass is 450 g/mol. The fourth-order valence-electron chi connectivity index (χ4n) is 3.37. The van der Waals surface area contributed by atoms with Gasteiger partial charge in [0.15, 0.2) is 0 Å². The van der Waals surface area contributed by atoms with E-state index in [0.717, 1.165) is 30.1 Å². The van der Waals surface area contributed by atoms with Crippen LogP contribution in [0.3, 0.4) is 0 Å². The van der Waals surface area contributed by atoms with Gasteiger partial charge in [0.2, 0.25) is 11.5 Å². The molecule has 0 fully saturated rings. The van der Waals surface area contributed by atoms with Crippen molar-refractivity contribution in [3.63, 3.8) is 0 Å². The fraction of sp³-hybridized carbons (Fsp3) is 0.250. The molecule has 0 atom stereocenters. The SMILES string of the molecule is [C-]#[N+]c1c(Nc2ccc(OC)cc2OC)sc(C(=O)c2ccc(N(CC)CC)cc2)c1N. The van der Waals surface area contributed by atoms with Gasteiger partial charge in [0.1, 0.15) is 16.5 Å². The Bertz CT molecular complexity index is 1150. The molecule has 0 aliphatic heterocycles. The van der Waals surface area contributed by atoms with Crippen LogP contribution < -0.4 is 25.4 Å². The molecule has 0 radical (unpaired) electrons. The summed E-state index contributed by atoms with van der Waals surface area (Å²) in [6.45, 7) is 13.5. The van der Waals surface area contributed by atoms with Crippen LogP contribution in [0.25, 0.3) is 4.85 Å². The molecule has 0 saturated heterocycles. The van der Waals surface area contributed by atoms with Crippen molar-refractivity contribution in [2.75, 3.05) is 43.3 Å². The number of carbonyl (C=O) groups excluding carboxylic acids is 1. The van der Waals surface area contributed by atoms with Gasteiger partial charge < -0.3 is 25.4 Å². The van der Waals surface area contributed by atoms with E-state index in [1.165, 1.54) is 0 Å². The molecule has 1 heterocycles. The maximum absolute atomic E-state index is 13.2. The molecule has 3 aromatic rings. The first kappa shape index (κ1) is 23.0. The summed E-state index contributed by atoms with van der Waals surface area (Å²) < 4.78 is 10.6. The lowest BCUT2D eigenvalue weighted by Crippen LogP contribution is -2.21. The van der Waals surface area contributed by atoms with Gasteiger partial charge in [0, 0.05) is 30.4 Å². The zero-order valence-electron chi connectivity index (χ0n) is 18.6. The number of methoxy groups -OCH3 is 2. The summed E-state index contributed by atoms with van der Waals surface area (Å²) in [5.74, 6) is 0.984. The van der Waals surface area contributed by atoms with Crippen molar-refractivity contribution < 1.29 is 14.3 Å². The normalized spacial score (nSPS) is 10.3. The number of nitrogens with two attached hydrogens (primary N) is 1. The first-order valence-electron chi connectivity index (χ1n) is 10.2. The number of hydrogen-bond acceptors (Lipinski definition) is 7. The molecule has 0 bridgehead atoms. The van der Waals surface area contributed by atoms with Crippen molar-refractivity contribution in [3.8, 4) is 11.5 Å². The molecule has 2 aromatic carbocycles. The largest absolute Gasteiger partial charge is 0.497 e. The lowest BCUT2D eigenvalue weighted by atomic mass is 10.1. The van der Waals surface area contributed by atoms with Gasteiger partial charge in [-0.25, -0.2) is 4.85 Å². The summed E-state index contributed by atoms with van der Waals surface area (Å²) in [7, 11) is 3.13. The quantitative estimate of drug-likeness (QED) is 0.321. The van der Waals surface area contributed by atoms with E-state index in [0.29, 0.717) is 32.6 Å². The van der Waals surface area contributed by atoms with Crippen LogP contribution in [0.15, 0.2) is 42.5 Å². The molecule has 0 saturated carbocycles. The zero-order valence-corrected chi connectivity index (χ0v) is 19.4. The van der Waals surface area contributed by atoms with E-state index in [-0.39, 0.29) is 17.2 Å². The number of nitrogen functional groups attached to an aromatic ring is 1. The van der Waals surface area contributed by atoms with E-state index >= 15 is 0 Å². The van der Waals surface area contributed by atoms with Gasteiger partial charge in [0.25, 0.3) is 0 Å². The Labute approximate surface area is 192 Å². The maximum atomic E-state index is 13.2. The summed E-state index contributed by atoms with van der Waals surface area (Å²) in [6, 6.07) is 12.8. The molecule has 3 rings (SSSR count). The summed E-state index contributed by atoms with van der Waals surface area (Å²) in [6.07, 6.45) is 0. The van der Waals surface area contributed by atoms with Crippen LogP contribution in [0.4, 0.5) is 27.8 Å². The minimum Gasteiger partial charge on any atom is -0.497 e. The third kappa shape index (κ3) is 4.48. The van der Waals surface area contributed by atoms with Gasteiger partial charge in [-0.1, -0.05) is 0 Å². The zero-order chi connectivity index (χ0) is 23.3. The van der Waals surface area contributed by atoms with Crippen LogP contribution in [0.1, 0.15) is 29.1 Å². The highest BCUT2D eigenvalue weighted by molar-refractivity contribution is 7.19. The van der Waals surface area contributed by atoms with E-state index in [1.54, 1.807) is 44.6 Å². The molecule has 0 spiro atoms. The van der Waals surface area contributed by atoms with Crippen molar-refractivity contribution in [2.24, 2.45) is 0 Å². The summed E-state index contributed by atoms with van der Waals surface area (Å²) >= 11 is 1.16. The maximum Gasteiger partial charge on any atom is 0.243 e. The van der Waals surface area contributed by atoms with Crippen molar-refractivity contribution in [3.05, 3.63) is 64.3 Å². The van der Waals surface area contributed by atoms with Crippen LogP contribution >= 0.6 is 11.3 Å². The molecule has 0 amide bonds. The van der Waals surface area contributed by atoms with Crippen LogP contribution in [-0.4, -0.2) is 33.1 Å². The molecule has 32 heavy (non-hydrogen) atoms. The molecular weight excluding hydrogens is 424 g/mol. The summed E-state index contributed by atoms with van der Waals surface area (Å²) in [4.78, 5) is 19.3. The Kier molecular flexibility index (Phi) is 7.23. The second kappa shape index (κ2) is 10.1. The van der Waals surface area contributed by atoms with Gasteiger partial charge in [-0.2, -0.15) is 0 Å². The topological polar surface area (TPSA) is 81.2 Å². The number of nitrogens with one attached hydrogen (secondary N) is 1. The molecule has 8 heteroatoms. The summed E-state index contributed by atoms with van der Waals surface area (Å²) in [5, 5.41) is 3.68. The van der Waals surface area contributed by atoms with E-state index in [9.17, 15) is 4.79 Å². The molecule has 7 nitrogen and oxygen atoms in total. The van der Waals surface area contributed by atoms with E-state index in [1.807, 2.05) is 12.1 Å². The summed E-state index contributed by atoms with van der Waals surface area (Å²) in [5.41, 5.74) is 8.84. The Morgan fingerprint density at radius 2 is 1.81 bits per heavy atom. The number of ether oxygens (including phenoxy) is 2. The van der Waals surface area contributed by atoms with E-state index in [4.69, 9.17) is 21.8 Å². The predicted octanol–water partition coefficient (Wildman–Crippen LogP) is 5.72. The number of nitrogens with zero attached hydrogens (tertiary/aromatic N) is 2. The van der Waals surface area contributed by atoms with Gasteiger partial charge in [-0.05, 0) is 50.2 Å². The first-order chi connectivity index (χ1) is 15.5. The first-order valence-corrected chi connectivity index (χ1v) is 11.0. The number of benzene rings is 2. The molecule has 0 aliphatic rings. The van der Waals surface area contributed by atoms with Crippen molar-refractivity contribution >= 4 is 44.9 Å². The third-order valence-electron chi connectivity index (χ3n) is 5.15.